The first kappa shape index (κ1) is 12.8. The van der Waals surface area contributed by atoms with E-state index in [1.165, 1.54) is 4.90 Å². The van der Waals surface area contributed by atoms with Gasteiger partial charge in [0.2, 0.25) is 5.91 Å². The van der Waals surface area contributed by atoms with Gasteiger partial charge in [0.1, 0.15) is 11.8 Å². The van der Waals surface area contributed by atoms with E-state index in [1.807, 2.05) is 6.07 Å². The molecule has 2 rings (SSSR count). The highest BCUT2D eigenvalue weighted by Crippen LogP contribution is 2.19. The topological polar surface area (TPSA) is 85.6 Å². The Hall–Kier alpha value is -2.68. The maximum atomic E-state index is 12.2. The Kier molecular flexibility index (Phi) is 3.57. The minimum atomic E-state index is -0.317. The summed E-state index contributed by atoms with van der Waals surface area (Å²) in [6, 6.07) is 8.86. The normalized spacial score (nSPS) is 14.1. The molecule has 0 saturated carbocycles. The third-order valence-electron chi connectivity index (χ3n) is 2.84. The predicted molar refractivity (Wildman–Crippen MR) is 69.4 cm³/mol. The van der Waals surface area contributed by atoms with Gasteiger partial charge in [-0.15, -0.1) is 0 Å². The van der Waals surface area contributed by atoms with Crippen LogP contribution < -0.4 is 10.3 Å². The van der Waals surface area contributed by atoms with Gasteiger partial charge in [-0.25, -0.2) is 5.43 Å². The lowest BCUT2D eigenvalue weighted by Gasteiger charge is -2.20. The molecule has 6 nitrogen and oxygen atoms in total. The number of amides is 2. The number of rotatable bonds is 2. The van der Waals surface area contributed by atoms with E-state index in [-0.39, 0.29) is 23.9 Å². The van der Waals surface area contributed by atoms with Crippen LogP contribution in [0.15, 0.2) is 29.4 Å². The van der Waals surface area contributed by atoms with E-state index < -0.39 is 0 Å². The number of hydrazone groups is 1. The van der Waals surface area contributed by atoms with E-state index in [4.69, 9.17) is 5.26 Å². The van der Waals surface area contributed by atoms with Gasteiger partial charge >= 0.3 is 0 Å². The molecule has 1 aliphatic heterocycles. The summed E-state index contributed by atoms with van der Waals surface area (Å²) >= 11 is 0. The first-order chi connectivity index (χ1) is 9.13. The highest BCUT2D eigenvalue weighted by atomic mass is 16.2. The van der Waals surface area contributed by atoms with Gasteiger partial charge in [0, 0.05) is 19.9 Å². The van der Waals surface area contributed by atoms with Crippen molar-refractivity contribution in [1.29, 1.82) is 5.26 Å². The molecule has 0 saturated heterocycles. The Bertz CT molecular complexity index is 601. The van der Waals surface area contributed by atoms with Gasteiger partial charge < -0.3 is 4.90 Å². The van der Waals surface area contributed by atoms with E-state index in [1.54, 1.807) is 31.3 Å². The van der Waals surface area contributed by atoms with Gasteiger partial charge in [-0.2, -0.15) is 10.4 Å². The minimum absolute atomic E-state index is 0.198. The van der Waals surface area contributed by atoms with Gasteiger partial charge in [0.15, 0.2) is 0 Å². The molecule has 0 aromatic heterocycles. The molecule has 0 unspecified atom stereocenters. The molecule has 6 heteroatoms. The number of para-hydroxylation sites is 1. The van der Waals surface area contributed by atoms with Crippen molar-refractivity contribution >= 4 is 23.2 Å². The number of hydrogen-bond acceptors (Lipinski definition) is 4. The fourth-order valence-electron chi connectivity index (χ4n) is 1.79. The van der Waals surface area contributed by atoms with Crippen molar-refractivity contribution in [2.75, 3.05) is 11.9 Å². The van der Waals surface area contributed by atoms with Crippen LogP contribution in [0.1, 0.15) is 18.4 Å². The van der Waals surface area contributed by atoms with E-state index >= 15 is 0 Å². The summed E-state index contributed by atoms with van der Waals surface area (Å²) in [6.45, 7) is 0. The summed E-state index contributed by atoms with van der Waals surface area (Å²) in [6.07, 6.45) is 0.558. The molecule has 0 aliphatic carbocycles. The summed E-state index contributed by atoms with van der Waals surface area (Å²) in [5.41, 5.74) is 3.51. The Morgan fingerprint density at radius 2 is 2.16 bits per heavy atom. The van der Waals surface area contributed by atoms with Crippen molar-refractivity contribution in [2.24, 2.45) is 5.10 Å². The van der Waals surface area contributed by atoms with E-state index in [0.717, 1.165) is 0 Å². The minimum Gasteiger partial charge on any atom is -0.309 e. The molecule has 1 N–H and O–H groups in total. The standard InChI is InChI=1S/C13H12N4O2/c1-17(11-5-3-2-4-9(11)8-14)13(19)10-6-7-12(18)16-15-10/h2-5H,6-7H2,1H3,(H,16,18). The third-order valence-corrected chi connectivity index (χ3v) is 2.84. The zero-order valence-electron chi connectivity index (χ0n) is 10.4. The zero-order chi connectivity index (χ0) is 13.8. The molecule has 2 amide bonds. The average molecular weight is 256 g/mol. The summed E-state index contributed by atoms with van der Waals surface area (Å²) in [5.74, 6) is -0.515. The number of nitrogens with zero attached hydrogens (tertiary/aromatic N) is 3. The first-order valence-electron chi connectivity index (χ1n) is 5.76. The van der Waals surface area contributed by atoms with E-state index in [0.29, 0.717) is 17.7 Å². The number of nitrogens with one attached hydrogen (secondary N) is 1. The van der Waals surface area contributed by atoms with Gasteiger partial charge in [-0.1, -0.05) is 12.1 Å². The lowest BCUT2D eigenvalue weighted by molar-refractivity contribution is -0.121. The fraction of sp³-hybridized carbons (Fsp3) is 0.231. The smallest absolute Gasteiger partial charge is 0.274 e. The molecular formula is C13H12N4O2. The zero-order valence-corrected chi connectivity index (χ0v) is 10.4. The second-order valence-corrected chi connectivity index (χ2v) is 4.09. The van der Waals surface area contributed by atoms with Crippen LogP contribution in [0.2, 0.25) is 0 Å². The molecular weight excluding hydrogens is 244 g/mol. The molecule has 96 valence electrons. The number of hydrogen-bond donors (Lipinski definition) is 1. The number of anilines is 1. The lowest BCUT2D eigenvalue weighted by atomic mass is 10.1. The Morgan fingerprint density at radius 3 is 2.79 bits per heavy atom. The van der Waals surface area contributed by atoms with Crippen LogP contribution >= 0.6 is 0 Å². The number of carbonyl (C=O) groups is 2. The SMILES string of the molecule is CN(C(=O)C1=NNC(=O)CC1)c1ccccc1C#N. The van der Waals surface area contributed by atoms with Crippen molar-refractivity contribution in [2.45, 2.75) is 12.8 Å². The molecule has 0 bridgehead atoms. The van der Waals surface area contributed by atoms with Crippen LogP contribution in [0.3, 0.4) is 0 Å². The molecule has 1 aliphatic rings. The second-order valence-electron chi connectivity index (χ2n) is 4.09. The fourth-order valence-corrected chi connectivity index (χ4v) is 1.79. The third kappa shape index (κ3) is 2.60. The molecule has 0 spiro atoms. The van der Waals surface area contributed by atoms with Crippen molar-refractivity contribution in [1.82, 2.24) is 5.43 Å². The van der Waals surface area contributed by atoms with Gasteiger partial charge in [0.05, 0.1) is 11.3 Å². The van der Waals surface area contributed by atoms with Gasteiger partial charge in [-0.3, -0.25) is 9.59 Å². The second kappa shape index (κ2) is 5.31. The summed E-state index contributed by atoms with van der Waals surface area (Å²) < 4.78 is 0. The highest BCUT2D eigenvalue weighted by molar-refractivity contribution is 6.44. The van der Waals surface area contributed by atoms with Crippen molar-refractivity contribution in [3.63, 3.8) is 0 Å². The van der Waals surface area contributed by atoms with Crippen LogP contribution in [0.25, 0.3) is 0 Å². The number of carbonyl (C=O) groups excluding carboxylic acids is 2. The van der Waals surface area contributed by atoms with Crippen molar-refractivity contribution < 1.29 is 9.59 Å². The average Bonchev–Trinajstić information content (AvgIpc) is 2.46. The quantitative estimate of drug-likeness (QED) is 0.848. The number of nitriles is 1. The summed E-state index contributed by atoms with van der Waals surface area (Å²) in [5, 5.41) is 12.8. The van der Waals surface area contributed by atoms with Crippen LogP contribution in [0.4, 0.5) is 5.69 Å². The summed E-state index contributed by atoms with van der Waals surface area (Å²) in [4.78, 5) is 24.6. The molecule has 0 radical (unpaired) electrons. The monoisotopic (exact) mass is 256 g/mol. The van der Waals surface area contributed by atoms with E-state index in [2.05, 4.69) is 10.5 Å². The Balaban J connectivity index is 2.25. The molecule has 0 atom stereocenters. The maximum absolute atomic E-state index is 12.2. The Morgan fingerprint density at radius 1 is 1.42 bits per heavy atom. The first-order valence-corrected chi connectivity index (χ1v) is 5.76. The van der Waals surface area contributed by atoms with Crippen LogP contribution in [-0.4, -0.2) is 24.6 Å². The lowest BCUT2D eigenvalue weighted by Crippen LogP contribution is -2.38. The van der Waals surface area contributed by atoms with Crippen LogP contribution in [0.5, 0.6) is 0 Å². The van der Waals surface area contributed by atoms with Crippen LogP contribution in [0, 0.1) is 11.3 Å². The molecule has 1 aromatic rings. The van der Waals surface area contributed by atoms with Crippen LogP contribution in [-0.2, 0) is 9.59 Å². The largest absolute Gasteiger partial charge is 0.309 e. The predicted octanol–water partition coefficient (Wildman–Crippen LogP) is 0.787. The molecule has 1 aromatic carbocycles. The molecule has 0 fully saturated rings. The highest BCUT2D eigenvalue weighted by Gasteiger charge is 2.23. The number of benzene rings is 1. The maximum Gasteiger partial charge on any atom is 0.274 e. The molecule has 1 heterocycles. The van der Waals surface area contributed by atoms with Gasteiger partial charge in [0.25, 0.3) is 5.91 Å². The van der Waals surface area contributed by atoms with Crippen molar-refractivity contribution in [3.05, 3.63) is 29.8 Å². The van der Waals surface area contributed by atoms with Gasteiger partial charge in [-0.05, 0) is 12.1 Å². The molecule has 19 heavy (non-hydrogen) atoms. The summed E-state index contributed by atoms with van der Waals surface area (Å²) in [7, 11) is 1.58. The van der Waals surface area contributed by atoms with E-state index in [9.17, 15) is 9.59 Å². The van der Waals surface area contributed by atoms with Crippen molar-refractivity contribution in [3.8, 4) is 6.07 Å². The Labute approximate surface area is 110 Å².